The predicted molar refractivity (Wildman–Crippen MR) is 77.1 cm³/mol. The van der Waals surface area contributed by atoms with Gasteiger partial charge in [0.05, 0.1) is 6.61 Å². The van der Waals surface area contributed by atoms with Crippen molar-refractivity contribution >= 4 is 10.9 Å². The zero-order valence-electron chi connectivity index (χ0n) is 11.3. The van der Waals surface area contributed by atoms with Gasteiger partial charge in [-0.15, -0.1) is 0 Å². The smallest absolute Gasteiger partial charge is 0.252 e. The highest BCUT2D eigenvalue weighted by atomic mass is 16.3. The molecule has 0 aliphatic carbocycles. The minimum atomic E-state index is -0.0772. The van der Waals surface area contributed by atoms with E-state index in [0.717, 1.165) is 10.9 Å². The number of pyridine rings is 1. The lowest BCUT2D eigenvalue weighted by Crippen LogP contribution is -2.37. The molecule has 0 fully saturated rings. The molecule has 0 aliphatic rings. The van der Waals surface area contributed by atoms with E-state index in [1.807, 2.05) is 44.2 Å². The Hall–Kier alpha value is -1.65. The second-order valence-electron chi connectivity index (χ2n) is 5.12. The molecule has 1 aromatic heterocycles. The number of benzene rings is 1. The molecule has 0 unspecified atom stereocenters. The molecule has 0 amide bonds. The van der Waals surface area contributed by atoms with Gasteiger partial charge in [0.2, 0.25) is 0 Å². The van der Waals surface area contributed by atoms with E-state index in [1.165, 1.54) is 0 Å². The molecule has 3 N–H and O–H groups in total. The van der Waals surface area contributed by atoms with Gasteiger partial charge in [-0.3, -0.25) is 4.79 Å². The first-order valence-corrected chi connectivity index (χ1v) is 6.57. The normalized spacial score (nSPS) is 13.1. The van der Waals surface area contributed by atoms with Crippen molar-refractivity contribution in [1.29, 1.82) is 0 Å². The molecule has 19 heavy (non-hydrogen) atoms. The van der Waals surface area contributed by atoms with Crippen LogP contribution in [-0.2, 0) is 6.54 Å². The zero-order valence-corrected chi connectivity index (χ0v) is 11.3. The van der Waals surface area contributed by atoms with Gasteiger partial charge in [-0.25, -0.2) is 0 Å². The van der Waals surface area contributed by atoms with Crippen LogP contribution in [0, 0.1) is 5.92 Å². The van der Waals surface area contributed by atoms with Crippen LogP contribution in [0.2, 0.25) is 0 Å². The largest absolute Gasteiger partial charge is 0.395 e. The minimum Gasteiger partial charge on any atom is -0.395 e. The van der Waals surface area contributed by atoms with Gasteiger partial charge in [0, 0.05) is 23.7 Å². The summed E-state index contributed by atoms with van der Waals surface area (Å²) in [7, 11) is 0. The molecular weight excluding hydrogens is 240 g/mol. The molecule has 0 aliphatic heterocycles. The second kappa shape index (κ2) is 5.99. The summed E-state index contributed by atoms with van der Waals surface area (Å²) in [4.78, 5) is 14.8. The Balaban J connectivity index is 2.21. The van der Waals surface area contributed by atoms with Crippen molar-refractivity contribution in [2.45, 2.75) is 26.4 Å². The molecule has 0 radical (unpaired) electrons. The fourth-order valence-corrected chi connectivity index (χ4v) is 2.08. The third-order valence-corrected chi connectivity index (χ3v) is 3.39. The highest BCUT2D eigenvalue weighted by molar-refractivity contribution is 5.78. The third-order valence-electron chi connectivity index (χ3n) is 3.39. The van der Waals surface area contributed by atoms with E-state index in [2.05, 4.69) is 10.3 Å². The number of hydrogen-bond acceptors (Lipinski definition) is 3. The fourth-order valence-electron chi connectivity index (χ4n) is 2.08. The molecule has 2 rings (SSSR count). The zero-order chi connectivity index (χ0) is 13.8. The number of H-pyrrole nitrogens is 1. The minimum absolute atomic E-state index is 0.00544. The van der Waals surface area contributed by atoms with E-state index in [4.69, 9.17) is 0 Å². The van der Waals surface area contributed by atoms with Gasteiger partial charge in [-0.05, 0) is 23.4 Å². The maximum absolute atomic E-state index is 11.9. The Kier molecular flexibility index (Phi) is 4.35. The molecule has 1 atom stereocenters. The average Bonchev–Trinajstić information content (AvgIpc) is 2.39. The molecular formula is C15H20N2O2. The lowest BCUT2D eigenvalue weighted by atomic mass is 10.0. The van der Waals surface area contributed by atoms with Crippen molar-refractivity contribution in [2.24, 2.45) is 5.92 Å². The molecule has 0 saturated carbocycles. The highest BCUT2D eigenvalue weighted by Gasteiger charge is 2.12. The molecule has 1 heterocycles. The Morgan fingerprint density at radius 3 is 2.74 bits per heavy atom. The van der Waals surface area contributed by atoms with E-state index in [1.54, 1.807) is 0 Å². The van der Waals surface area contributed by atoms with Gasteiger partial charge in [0.25, 0.3) is 5.56 Å². The van der Waals surface area contributed by atoms with Crippen molar-refractivity contribution in [3.8, 4) is 0 Å². The van der Waals surface area contributed by atoms with Crippen LogP contribution < -0.4 is 10.9 Å². The topological polar surface area (TPSA) is 65.1 Å². The number of rotatable bonds is 5. The molecule has 0 saturated heterocycles. The van der Waals surface area contributed by atoms with Gasteiger partial charge in [0.1, 0.15) is 0 Å². The van der Waals surface area contributed by atoms with Crippen LogP contribution in [0.25, 0.3) is 10.9 Å². The Morgan fingerprint density at radius 1 is 1.32 bits per heavy atom. The van der Waals surface area contributed by atoms with E-state index >= 15 is 0 Å². The monoisotopic (exact) mass is 260 g/mol. The summed E-state index contributed by atoms with van der Waals surface area (Å²) >= 11 is 0. The second-order valence-corrected chi connectivity index (χ2v) is 5.12. The van der Waals surface area contributed by atoms with Crippen molar-refractivity contribution in [3.05, 3.63) is 46.2 Å². The summed E-state index contributed by atoms with van der Waals surface area (Å²) in [5, 5.41) is 13.5. The van der Waals surface area contributed by atoms with Gasteiger partial charge in [-0.2, -0.15) is 0 Å². The number of aliphatic hydroxyl groups excluding tert-OH is 1. The van der Waals surface area contributed by atoms with Crippen LogP contribution in [0.15, 0.2) is 35.1 Å². The molecule has 102 valence electrons. The van der Waals surface area contributed by atoms with Gasteiger partial charge < -0.3 is 15.4 Å². The Morgan fingerprint density at radius 2 is 2.05 bits per heavy atom. The number of hydrogen-bond donors (Lipinski definition) is 3. The molecule has 4 nitrogen and oxygen atoms in total. The Bertz CT molecular complexity index is 604. The molecule has 0 spiro atoms. The summed E-state index contributed by atoms with van der Waals surface area (Å²) in [5.74, 6) is 0.324. The van der Waals surface area contributed by atoms with Crippen molar-refractivity contribution in [2.75, 3.05) is 6.61 Å². The molecule has 0 bridgehead atoms. The lowest BCUT2D eigenvalue weighted by molar-refractivity contribution is 0.210. The molecule has 2 aromatic rings. The number of aromatic nitrogens is 1. The fraction of sp³-hybridized carbons (Fsp3) is 0.400. The first-order valence-electron chi connectivity index (χ1n) is 6.57. The van der Waals surface area contributed by atoms with Crippen molar-refractivity contribution in [1.82, 2.24) is 10.3 Å². The summed E-state index contributed by atoms with van der Waals surface area (Å²) in [6.07, 6.45) is 0. The van der Waals surface area contributed by atoms with Crippen molar-refractivity contribution < 1.29 is 5.11 Å². The summed E-state index contributed by atoms with van der Waals surface area (Å²) in [6.45, 7) is 4.61. The average molecular weight is 260 g/mol. The van der Waals surface area contributed by atoms with E-state index in [9.17, 15) is 9.90 Å². The number of para-hydroxylation sites is 1. The number of aliphatic hydroxyl groups is 1. The third kappa shape index (κ3) is 3.22. The van der Waals surface area contributed by atoms with Crippen LogP contribution in [0.3, 0.4) is 0 Å². The van der Waals surface area contributed by atoms with Gasteiger partial charge in [0.15, 0.2) is 0 Å². The Labute approximate surface area is 112 Å². The standard InChI is InChI=1S/C15H20N2O2/c1-10(2)14(9-18)16-8-12-7-11-5-3-4-6-13(11)17-15(12)19/h3-7,10,14,16,18H,8-9H2,1-2H3,(H,17,19)/t14-/m1/s1. The number of nitrogens with one attached hydrogen (secondary N) is 2. The van der Waals surface area contributed by atoms with Crippen LogP contribution in [0.1, 0.15) is 19.4 Å². The van der Waals surface area contributed by atoms with E-state index in [-0.39, 0.29) is 18.2 Å². The number of aromatic amines is 1. The number of fused-ring (bicyclic) bond motifs is 1. The van der Waals surface area contributed by atoms with Crippen LogP contribution in [-0.4, -0.2) is 22.7 Å². The van der Waals surface area contributed by atoms with Gasteiger partial charge >= 0.3 is 0 Å². The van der Waals surface area contributed by atoms with Crippen LogP contribution in [0.4, 0.5) is 0 Å². The molecule has 1 aromatic carbocycles. The van der Waals surface area contributed by atoms with Crippen molar-refractivity contribution in [3.63, 3.8) is 0 Å². The summed E-state index contributed by atoms with van der Waals surface area (Å²) in [6, 6.07) is 9.61. The quantitative estimate of drug-likeness (QED) is 0.765. The highest BCUT2D eigenvalue weighted by Crippen LogP contribution is 2.10. The first-order chi connectivity index (χ1) is 9.11. The molecule has 4 heteroatoms. The lowest BCUT2D eigenvalue weighted by Gasteiger charge is -2.19. The summed E-state index contributed by atoms with van der Waals surface area (Å²) < 4.78 is 0. The summed E-state index contributed by atoms with van der Waals surface area (Å²) in [5.41, 5.74) is 1.46. The first kappa shape index (κ1) is 13.8. The maximum Gasteiger partial charge on any atom is 0.252 e. The van der Waals surface area contributed by atoms with Gasteiger partial charge in [-0.1, -0.05) is 32.0 Å². The SMILES string of the molecule is CC(C)[C@@H](CO)NCc1cc2ccccc2[nH]c1=O. The maximum atomic E-state index is 11.9. The van der Waals surface area contributed by atoms with Crippen LogP contribution >= 0.6 is 0 Å². The van der Waals surface area contributed by atoms with Crippen LogP contribution in [0.5, 0.6) is 0 Å². The predicted octanol–water partition coefficient (Wildman–Crippen LogP) is 1.63. The van der Waals surface area contributed by atoms with E-state index < -0.39 is 0 Å². The van der Waals surface area contributed by atoms with E-state index in [0.29, 0.717) is 18.0 Å².